The fourth-order valence-corrected chi connectivity index (χ4v) is 4.18. The quantitative estimate of drug-likeness (QED) is 0.401. The number of aryl methyl sites for hydroxylation is 1. The lowest BCUT2D eigenvalue weighted by molar-refractivity contribution is -0.121. The number of nitrogens with two attached hydrogens (primary N) is 1. The maximum Gasteiger partial charge on any atom is 0.327 e. The zero-order valence-electron chi connectivity index (χ0n) is 15.6. The lowest BCUT2D eigenvalue weighted by atomic mass is 9.78. The van der Waals surface area contributed by atoms with Gasteiger partial charge in [0, 0.05) is 17.2 Å². The Morgan fingerprint density at radius 1 is 1.00 bits per heavy atom. The summed E-state index contributed by atoms with van der Waals surface area (Å²) in [5.41, 5.74) is 7.81. The highest BCUT2D eigenvalue weighted by Gasteiger charge is 2.44. The summed E-state index contributed by atoms with van der Waals surface area (Å²) >= 11 is 5.16. The third-order valence-corrected chi connectivity index (χ3v) is 5.47. The van der Waals surface area contributed by atoms with Crippen molar-refractivity contribution in [1.29, 1.82) is 0 Å². The van der Waals surface area contributed by atoms with Gasteiger partial charge < -0.3 is 16.4 Å². The van der Waals surface area contributed by atoms with Crippen LogP contribution >= 0.6 is 12.2 Å². The molecule has 1 fully saturated rings. The van der Waals surface area contributed by atoms with E-state index in [0.29, 0.717) is 11.3 Å². The number of nitrogens with zero attached hydrogens (tertiary/aromatic N) is 2. The molecular formula is C19H15N7O3S. The van der Waals surface area contributed by atoms with Crippen molar-refractivity contribution in [3.05, 3.63) is 73.1 Å². The number of hydrogen-bond acceptors (Lipinski definition) is 7. The summed E-state index contributed by atoms with van der Waals surface area (Å²) in [5, 5.41) is 5.66. The van der Waals surface area contributed by atoms with E-state index in [2.05, 4.69) is 30.6 Å². The summed E-state index contributed by atoms with van der Waals surface area (Å²) in [7, 11) is 0. The van der Waals surface area contributed by atoms with Gasteiger partial charge in [0.15, 0.2) is 10.9 Å². The molecule has 4 heterocycles. The number of benzene rings is 1. The molecule has 3 aliphatic heterocycles. The number of H-pyrrole nitrogens is 2. The van der Waals surface area contributed by atoms with Crippen LogP contribution in [0.25, 0.3) is 0 Å². The summed E-state index contributed by atoms with van der Waals surface area (Å²) in [6.07, 6.45) is 0. The van der Waals surface area contributed by atoms with Gasteiger partial charge in [-0.1, -0.05) is 29.8 Å². The molecule has 30 heavy (non-hydrogen) atoms. The van der Waals surface area contributed by atoms with Crippen LogP contribution in [0.15, 0.2) is 55.1 Å². The minimum atomic E-state index is -0.887. The fourth-order valence-electron chi connectivity index (χ4n) is 3.97. The molecule has 0 spiro atoms. The van der Waals surface area contributed by atoms with E-state index in [1.165, 1.54) is 0 Å². The minimum absolute atomic E-state index is 0.0401. The largest absolute Gasteiger partial charge is 0.386 e. The molecule has 0 bridgehead atoms. The van der Waals surface area contributed by atoms with Crippen LogP contribution in [0.3, 0.4) is 0 Å². The molecular weight excluding hydrogens is 406 g/mol. The average molecular weight is 421 g/mol. The zero-order valence-corrected chi connectivity index (χ0v) is 16.4. The zero-order chi connectivity index (χ0) is 21.2. The number of aromatic amines is 2. The van der Waals surface area contributed by atoms with Crippen LogP contribution in [0.2, 0.25) is 0 Å². The number of hydrogen-bond donors (Lipinski definition) is 5. The first kappa shape index (κ1) is 18.2. The highest BCUT2D eigenvalue weighted by atomic mass is 32.1. The Morgan fingerprint density at radius 2 is 1.73 bits per heavy atom. The molecule has 10 nitrogen and oxygen atoms in total. The van der Waals surface area contributed by atoms with Gasteiger partial charge >= 0.3 is 5.69 Å². The summed E-state index contributed by atoms with van der Waals surface area (Å²) in [5.74, 6) is -1.59. The van der Waals surface area contributed by atoms with Crippen molar-refractivity contribution in [3.8, 4) is 0 Å². The van der Waals surface area contributed by atoms with Gasteiger partial charge in [-0.2, -0.15) is 0 Å². The van der Waals surface area contributed by atoms with Crippen molar-refractivity contribution in [2.75, 3.05) is 0 Å². The molecule has 1 amide bonds. The van der Waals surface area contributed by atoms with Crippen LogP contribution in [0, 0.1) is 12.8 Å². The number of carbonyl (C=O) groups excluding carboxylic acids is 1. The first-order valence-electron chi connectivity index (χ1n) is 9.05. The molecule has 0 radical (unpaired) electrons. The molecule has 3 aliphatic rings. The molecule has 2 unspecified atom stereocenters. The van der Waals surface area contributed by atoms with E-state index in [9.17, 15) is 14.4 Å². The Labute approximate surface area is 174 Å². The third kappa shape index (κ3) is 2.63. The van der Waals surface area contributed by atoms with E-state index in [1.807, 2.05) is 31.2 Å². The molecule has 1 aromatic carbocycles. The van der Waals surface area contributed by atoms with Crippen molar-refractivity contribution in [2.24, 2.45) is 21.6 Å². The van der Waals surface area contributed by atoms with Gasteiger partial charge in [0.25, 0.3) is 5.56 Å². The highest BCUT2D eigenvalue weighted by molar-refractivity contribution is 7.80. The molecule has 1 saturated heterocycles. The summed E-state index contributed by atoms with van der Waals surface area (Å²) in [4.78, 5) is 50.8. The van der Waals surface area contributed by atoms with Gasteiger partial charge in [-0.3, -0.25) is 19.6 Å². The number of amides is 1. The van der Waals surface area contributed by atoms with E-state index >= 15 is 0 Å². The second-order valence-electron chi connectivity index (χ2n) is 7.19. The van der Waals surface area contributed by atoms with Crippen LogP contribution in [0.1, 0.15) is 22.6 Å². The Morgan fingerprint density at radius 3 is 2.47 bits per heavy atom. The predicted octanol–water partition coefficient (Wildman–Crippen LogP) is -0.207. The maximum absolute atomic E-state index is 12.8. The Balaban J connectivity index is 1.87. The van der Waals surface area contributed by atoms with Gasteiger partial charge in [0.05, 0.1) is 5.56 Å². The Hall–Kier alpha value is -3.86. The molecule has 1 aromatic heterocycles. The van der Waals surface area contributed by atoms with E-state index in [1.54, 1.807) is 0 Å². The number of fused-ring (bicyclic) bond motifs is 3. The van der Waals surface area contributed by atoms with Crippen LogP contribution in [0.5, 0.6) is 0 Å². The van der Waals surface area contributed by atoms with Crippen molar-refractivity contribution < 1.29 is 4.79 Å². The standard InChI is InChI=1S/C19H15N7O3S/c1-6-2-4-7(5-3-6)8-9-12-11(17(28)26-19(30)21-12)13(20)22-14(9)23-15-10(8)16(27)25-18(29)24-15/h2-5,8,11H,1H3,(H2,21,26,28,30)(H4,20,22,23,24,25,27,29). The fraction of sp³-hybridized carbons (Fsp3) is 0.158. The van der Waals surface area contributed by atoms with E-state index in [-0.39, 0.29) is 28.2 Å². The van der Waals surface area contributed by atoms with Crippen molar-refractivity contribution in [3.63, 3.8) is 0 Å². The first-order chi connectivity index (χ1) is 14.3. The number of carbonyl (C=O) groups is 1. The van der Waals surface area contributed by atoms with Gasteiger partial charge in [-0.05, 0) is 24.7 Å². The van der Waals surface area contributed by atoms with Crippen LogP contribution < -0.4 is 27.6 Å². The molecule has 2 aromatic rings. The number of dihydropyridines is 1. The van der Waals surface area contributed by atoms with Crippen molar-refractivity contribution in [1.82, 2.24) is 20.6 Å². The predicted molar refractivity (Wildman–Crippen MR) is 114 cm³/mol. The second kappa shape index (κ2) is 6.32. The van der Waals surface area contributed by atoms with Gasteiger partial charge in [-0.15, -0.1) is 0 Å². The summed E-state index contributed by atoms with van der Waals surface area (Å²) in [6, 6.07) is 7.58. The Kier molecular flexibility index (Phi) is 3.83. The van der Waals surface area contributed by atoms with Gasteiger partial charge in [-0.25, -0.2) is 14.8 Å². The van der Waals surface area contributed by atoms with Gasteiger partial charge in [0.2, 0.25) is 5.91 Å². The lowest BCUT2D eigenvalue weighted by Crippen LogP contribution is -2.57. The monoisotopic (exact) mass is 421 g/mol. The Bertz CT molecular complexity index is 1350. The molecule has 6 N–H and O–H groups in total. The molecule has 0 aliphatic carbocycles. The van der Waals surface area contributed by atoms with Crippen LogP contribution in [-0.2, 0) is 4.79 Å². The molecule has 150 valence electrons. The molecule has 11 heteroatoms. The summed E-state index contributed by atoms with van der Waals surface area (Å²) in [6.45, 7) is 1.95. The van der Waals surface area contributed by atoms with Gasteiger partial charge in [0.1, 0.15) is 17.6 Å². The smallest absolute Gasteiger partial charge is 0.327 e. The average Bonchev–Trinajstić information content (AvgIpc) is 2.66. The number of rotatable bonds is 1. The van der Waals surface area contributed by atoms with Crippen molar-refractivity contribution >= 4 is 40.7 Å². The molecule has 0 saturated carbocycles. The second-order valence-corrected chi connectivity index (χ2v) is 7.60. The summed E-state index contributed by atoms with van der Waals surface area (Å²) < 4.78 is 0. The van der Waals surface area contributed by atoms with E-state index < -0.39 is 29.0 Å². The number of aliphatic imine (C=N–C) groups is 2. The van der Waals surface area contributed by atoms with Crippen LogP contribution in [-0.4, -0.2) is 32.7 Å². The number of thiocarbonyl (C=S) groups is 1. The number of aromatic nitrogens is 2. The van der Waals surface area contributed by atoms with E-state index in [4.69, 9.17) is 18.0 Å². The topological polar surface area (TPSA) is 158 Å². The lowest BCUT2D eigenvalue weighted by Gasteiger charge is -2.36. The van der Waals surface area contributed by atoms with E-state index in [0.717, 1.165) is 11.1 Å². The number of amidine groups is 2. The SMILES string of the molecule is Cc1ccc(C2C3=C4NC(=S)NC(=O)C4C(N)=NC3=Nc3[nH]c(=O)[nH]c(=O)c32)cc1. The molecule has 2 atom stereocenters. The first-order valence-corrected chi connectivity index (χ1v) is 9.46. The third-order valence-electron chi connectivity index (χ3n) is 5.26. The molecule has 5 rings (SSSR count). The number of nitrogens with one attached hydrogen (secondary N) is 4. The highest BCUT2D eigenvalue weighted by Crippen LogP contribution is 2.43. The minimum Gasteiger partial charge on any atom is -0.386 e. The van der Waals surface area contributed by atoms with Crippen LogP contribution in [0.4, 0.5) is 5.82 Å². The normalized spacial score (nSPS) is 22.2. The van der Waals surface area contributed by atoms with Crippen molar-refractivity contribution in [2.45, 2.75) is 12.8 Å². The maximum atomic E-state index is 12.8.